The van der Waals surface area contributed by atoms with Gasteiger partial charge >= 0.3 is 5.97 Å². The highest BCUT2D eigenvalue weighted by atomic mass is 19.2. The second-order valence-electron chi connectivity index (χ2n) is 11.1. The molecule has 5 rings (SSSR count). The van der Waals surface area contributed by atoms with Gasteiger partial charge in [-0.2, -0.15) is 0 Å². The van der Waals surface area contributed by atoms with Gasteiger partial charge in [0.15, 0.2) is 11.6 Å². The number of hydrogen-bond acceptors (Lipinski definition) is 4. The molecule has 0 amide bonds. The summed E-state index contributed by atoms with van der Waals surface area (Å²) in [5.74, 6) is -2.05. The average molecular weight is 551 g/mol. The fourth-order valence-electron chi connectivity index (χ4n) is 5.86. The summed E-state index contributed by atoms with van der Waals surface area (Å²) in [6.45, 7) is 4.10. The Hall–Kier alpha value is -3.13. The quantitative estimate of drug-likeness (QED) is 0.345. The number of aliphatic hydroxyl groups is 1. The van der Waals surface area contributed by atoms with E-state index in [-0.39, 0.29) is 0 Å². The van der Waals surface area contributed by atoms with E-state index in [9.17, 15) is 23.8 Å². The van der Waals surface area contributed by atoms with Crippen LogP contribution < -0.4 is 0 Å². The molecular formula is C33H40F2N2O3. The second kappa shape index (κ2) is 14.5. The number of halogens is 2. The highest BCUT2D eigenvalue weighted by Gasteiger charge is 2.36. The fraction of sp³-hybridized carbons (Fsp3) is 0.424. The highest BCUT2D eigenvalue weighted by Crippen LogP contribution is 2.31. The van der Waals surface area contributed by atoms with Crippen molar-refractivity contribution in [3.8, 4) is 0 Å². The minimum atomic E-state index is -0.835. The summed E-state index contributed by atoms with van der Waals surface area (Å²) in [5.41, 5.74) is 0.862. The standard InChI is InChI=1S/C27H34F2N2O3.C6H6/c28-23-9-8-20(17-24(23)29)5-4-11-27(34)12-15-30(16-13-27)18-21-10-14-31(19-21)25(26(32)33)22-6-2-1-3-7-22;1-2-4-6-5-3-1/h1-3,6-9,17,21,25,34H,4-5,10-16,18-19H2,(H,32,33);1-6H. The lowest BCUT2D eigenvalue weighted by atomic mass is 9.85. The monoisotopic (exact) mass is 550 g/mol. The Balaban J connectivity index is 0.000000546. The molecule has 40 heavy (non-hydrogen) atoms. The van der Waals surface area contributed by atoms with Crippen LogP contribution in [0.15, 0.2) is 84.9 Å². The molecule has 2 heterocycles. The molecular weight excluding hydrogens is 510 g/mol. The Kier molecular flexibility index (Phi) is 10.8. The van der Waals surface area contributed by atoms with Crippen LogP contribution in [0.4, 0.5) is 8.78 Å². The highest BCUT2D eigenvalue weighted by molar-refractivity contribution is 5.75. The zero-order chi connectivity index (χ0) is 28.4. The molecule has 0 spiro atoms. The van der Waals surface area contributed by atoms with Crippen LogP contribution in [0.1, 0.15) is 49.3 Å². The third-order valence-electron chi connectivity index (χ3n) is 8.09. The molecule has 0 aliphatic carbocycles. The zero-order valence-electron chi connectivity index (χ0n) is 23.0. The molecule has 2 aliphatic rings. The Labute approximate surface area is 236 Å². The molecule has 0 saturated carbocycles. The Morgan fingerprint density at radius 3 is 2.12 bits per heavy atom. The van der Waals surface area contributed by atoms with Gasteiger partial charge in [0.25, 0.3) is 0 Å². The third kappa shape index (κ3) is 8.68. The number of nitrogens with zero attached hydrogens (tertiary/aromatic N) is 2. The lowest BCUT2D eigenvalue weighted by molar-refractivity contribution is -0.143. The fourth-order valence-corrected chi connectivity index (χ4v) is 5.86. The third-order valence-corrected chi connectivity index (χ3v) is 8.09. The van der Waals surface area contributed by atoms with Crippen LogP contribution in [0.2, 0.25) is 0 Å². The number of piperidine rings is 1. The van der Waals surface area contributed by atoms with Gasteiger partial charge in [-0.15, -0.1) is 0 Å². The molecule has 0 radical (unpaired) electrons. The zero-order valence-corrected chi connectivity index (χ0v) is 23.0. The van der Waals surface area contributed by atoms with Crippen molar-refractivity contribution in [1.29, 1.82) is 0 Å². The number of hydrogen-bond donors (Lipinski definition) is 2. The molecule has 2 aliphatic heterocycles. The predicted molar refractivity (Wildman–Crippen MR) is 153 cm³/mol. The summed E-state index contributed by atoms with van der Waals surface area (Å²) in [7, 11) is 0. The molecule has 214 valence electrons. The van der Waals surface area contributed by atoms with E-state index in [0.717, 1.165) is 62.8 Å². The van der Waals surface area contributed by atoms with E-state index in [1.165, 1.54) is 6.07 Å². The van der Waals surface area contributed by atoms with Gasteiger partial charge in [-0.25, -0.2) is 8.78 Å². The van der Waals surface area contributed by atoms with E-state index < -0.39 is 29.2 Å². The van der Waals surface area contributed by atoms with Gasteiger partial charge in [-0.05, 0) is 74.2 Å². The van der Waals surface area contributed by atoms with Crippen LogP contribution >= 0.6 is 0 Å². The molecule has 2 saturated heterocycles. The molecule has 2 atom stereocenters. The van der Waals surface area contributed by atoms with Crippen molar-refractivity contribution in [1.82, 2.24) is 9.80 Å². The van der Waals surface area contributed by atoms with Crippen LogP contribution in [0, 0.1) is 17.6 Å². The number of likely N-dealkylation sites (tertiary alicyclic amines) is 2. The number of rotatable bonds is 9. The summed E-state index contributed by atoms with van der Waals surface area (Å²) in [4.78, 5) is 16.4. The second-order valence-corrected chi connectivity index (χ2v) is 11.1. The van der Waals surface area contributed by atoms with Crippen LogP contribution in [0.25, 0.3) is 0 Å². The molecule has 3 aromatic rings. The minimum Gasteiger partial charge on any atom is -0.480 e. The first kappa shape index (κ1) is 29.8. The number of aryl methyl sites for hydroxylation is 1. The summed E-state index contributed by atoms with van der Waals surface area (Å²) < 4.78 is 26.5. The molecule has 0 aromatic heterocycles. The first-order valence-electron chi connectivity index (χ1n) is 14.2. The number of aliphatic carboxylic acids is 1. The first-order valence-corrected chi connectivity index (χ1v) is 14.2. The summed E-state index contributed by atoms with van der Waals surface area (Å²) in [6, 6.07) is 24.8. The van der Waals surface area contributed by atoms with E-state index in [1.54, 1.807) is 6.07 Å². The Morgan fingerprint density at radius 2 is 1.52 bits per heavy atom. The van der Waals surface area contributed by atoms with E-state index in [2.05, 4.69) is 9.80 Å². The topological polar surface area (TPSA) is 64.0 Å². The van der Waals surface area contributed by atoms with Gasteiger partial charge in [0.2, 0.25) is 0 Å². The maximum Gasteiger partial charge on any atom is 0.325 e. The molecule has 2 fully saturated rings. The first-order chi connectivity index (χ1) is 19.3. The number of benzene rings is 3. The molecule has 2 unspecified atom stereocenters. The van der Waals surface area contributed by atoms with Crippen LogP contribution in [-0.2, 0) is 11.2 Å². The molecule has 0 bridgehead atoms. The van der Waals surface area contributed by atoms with Crippen LogP contribution in [0.5, 0.6) is 0 Å². The number of carbonyl (C=O) groups is 1. The van der Waals surface area contributed by atoms with E-state index in [0.29, 0.717) is 31.6 Å². The van der Waals surface area contributed by atoms with E-state index in [4.69, 9.17) is 0 Å². The van der Waals surface area contributed by atoms with Crippen molar-refractivity contribution in [3.63, 3.8) is 0 Å². The van der Waals surface area contributed by atoms with Gasteiger partial charge in [0, 0.05) is 26.2 Å². The van der Waals surface area contributed by atoms with Crippen LogP contribution in [0.3, 0.4) is 0 Å². The normalized spacial score (nSPS) is 19.9. The van der Waals surface area contributed by atoms with Crippen molar-refractivity contribution in [2.45, 2.75) is 50.2 Å². The minimum absolute atomic E-state index is 0.421. The summed E-state index contributed by atoms with van der Waals surface area (Å²) >= 11 is 0. The molecule has 5 nitrogen and oxygen atoms in total. The molecule has 3 aromatic carbocycles. The van der Waals surface area contributed by atoms with E-state index >= 15 is 0 Å². The van der Waals surface area contributed by atoms with Gasteiger partial charge in [-0.1, -0.05) is 72.8 Å². The summed E-state index contributed by atoms with van der Waals surface area (Å²) in [5, 5.41) is 20.8. The van der Waals surface area contributed by atoms with Crippen molar-refractivity contribution in [3.05, 3.63) is 108 Å². The van der Waals surface area contributed by atoms with Gasteiger partial charge < -0.3 is 15.1 Å². The molecule has 2 N–H and O–H groups in total. The van der Waals surface area contributed by atoms with Crippen molar-refractivity contribution >= 4 is 5.97 Å². The Bertz CT molecular complexity index is 1160. The van der Waals surface area contributed by atoms with Crippen molar-refractivity contribution < 1.29 is 23.8 Å². The maximum atomic E-state index is 13.4. The van der Waals surface area contributed by atoms with Gasteiger partial charge in [0.1, 0.15) is 6.04 Å². The van der Waals surface area contributed by atoms with Gasteiger partial charge in [0.05, 0.1) is 5.60 Å². The smallest absolute Gasteiger partial charge is 0.325 e. The Morgan fingerprint density at radius 1 is 0.900 bits per heavy atom. The van der Waals surface area contributed by atoms with Gasteiger partial charge in [-0.3, -0.25) is 9.69 Å². The maximum absolute atomic E-state index is 13.4. The number of carboxylic acid groups (broad SMARTS) is 1. The largest absolute Gasteiger partial charge is 0.480 e. The van der Waals surface area contributed by atoms with Crippen molar-refractivity contribution in [2.75, 3.05) is 32.7 Å². The van der Waals surface area contributed by atoms with Crippen molar-refractivity contribution in [2.24, 2.45) is 5.92 Å². The lowest BCUT2D eigenvalue weighted by Gasteiger charge is -2.39. The predicted octanol–water partition coefficient (Wildman–Crippen LogP) is 5.95. The average Bonchev–Trinajstić information content (AvgIpc) is 3.41. The molecule has 7 heteroatoms. The number of carboxylic acids is 1. The summed E-state index contributed by atoms with van der Waals surface area (Å²) in [6.07, 6.45) is 4.37. The SMILES string of the molecule is O=C(O)C(c1ccccc1)N1CCC(CN2CCC(O)(CCCc3ccc(F)c(F)c3)CC2)C1.c1ccccc1. The van der Waals surface area contributed by atoms with Crippen LogP contribution in [-0.4, -0.2) is 64.3 Å². The lowest BCUT2D eigenvalue weighted by Crippen LogP contribution is -2.46. The van der Waals surface area contributed by atoms with E-state index in [1.807, 2.05) is 66.7 Å².